The maximum Gasteiger partial charge on any atom is 0.265 e. The van der Waals surface area contributed by atoms with Crippen molar-refractivity contribution in [2.75, 3.05) is 17.1 Å². The van der Waals surface area contributed by atoms with Crippen LogP contribution in [0.3, 0.4) is 0 Å². The molecule has 1 aromatic carbocycles. The Morgan fingerprint density at radius 2 is 2.05 bits per heavy atom. The molecule has 1 heterocycles. The zero-order chi connectivity index (χ0) is 15.6. The highest BCUT2D eigenvalue weighted by molar-refractivity contribution is 14.1. The predicted molar refractivity (Wildman–Crippen MR) is 96.5 cm³/mol. The molecule has 0 bridgehead atoms. The van der Waals surface area contributed by atoms with Crippen molar-refractivity contribution >= 4 is 71.7 Å². The number of nitrogens with zero attached hydrogens (tertiary/aromatic N) is 1. The lowest BCUT2D eigenvalue weighted by atomic mass is 10.3. The molecule has 2 N–H and O–H groups in total. The lowest BCUT2D eigenvalue weighted by Crippen LogP contribution is -2.16. The second-order valence-corrected chi connectivity index (χ2v) is 8.20. The van der Waals surface area contributed by atoms with Crippen LogP contribution >= 0.6 is 50.1 Å². The van der Waals surface area contributed by atoms with Crippen LogP contribution in [0.25, 0.3) is 0 Å². The average Bonchev–Trinajstić information content (AvgIpc) is 2.42. The Morgan fingerprint density at radius 3 is 2.67 bits per heavy atom. The van der Waals surface area contributed by atoms with Gasteiger partial charge in [0, 0.05) is 21.3 Å². The fourth-order valence-corrected chi connectivity index (χ4v) is 4.30. The lowest BCUT2D eigenvalue weighted by molar-refractivity contribution is 0.601. The normalized spacial score (nSPS) is 11.2. The summed E-state index contributed by atoms with van der Waals surface area (Å²) in [5, 5.41) is 3.09. The lowest BCUT2D eigenvalue weighted by Gasteiger charge is -2.12. The highest BCUT2D eigenvalue weighted by atomic mass is 127. The van der Waals surface area contributed by atoms with Gasteiger partial charge in [-0.1, -0.05) is 11.6 Å². The zero-order valence-electron chi connectivity index (χ0n) is 10.7. The van der Waals surface area contributed by atoms with Gasteiger partial charge < -0.3 is 5.32 Å². The smallest absolute Gasteiger partial charge is 0.265 e. The van der Waals surface area contributed by atoms with E-state index < -0.39 is 10.0 Å². The minimum Gasteiger partial charge on any atom is -0.372 e. The molecule has 2 aromatic rings. The van der Waals surface area contributed by atoms with Crippen LogP contribution in [0.1, 0.15) is 0 Å². The topological polar surface area (TPSA) is 71.1 Å². The van der Waals surface area contributed by atoms with Crippen molar-refractivity contribution in [1.29, 1.82) is 0 Å². The van der Waals surface area contributed by atoms with Gasteiger partial charge in [-0.3, -0.25) is 4.72 Å². The number of pyridine rings is 1. The Bertz CT molecular complexity index is 786. The van der Waals surface area contributed by atoms with E-state index in [1.807, 2.05) is 0 Å². The molecule has 9 heteroatoms. The third kappa shape index (κ3) is 3.99. The van der Waals surface area contributed by atoms with Crippen LogP contribution in [-0.4, -0.2) is 20.4 Å². The number of hydrogen-bond donors (Lipinski definition) is 2. The predicted octanol–water partition coefficient (Wildman–Crippen LogP) is 3.94. The Kier molecular flexibility index (Phi) is 5.33. The van der Waals surface area contributed by atoms with Crippen molar-refractivity contribution in [1.82, 2.24) is 4.98 Å². The van der Waals surface area contributed by atoms with Crippen LogP contribution in [0.5, 0.6) is 0 Å². The standard InChI is InChI=1S/C12H10BrClIN3O2S/c1-16-12-11(4-7(13)6-17-12)21(19,20)18-10-3-2-8(15)5-9(10)14/h2-6,18H,1H3,(H,16,17). The van der Waals surface area contributed by atoms with Gasteiger partial charge in [0.05, 0.1) is 10.7 Å². The van der Waals surface area contributed by atoms with Gasteiger partial charge in [-0.15, -0.1) is 0 Å². The zero-order valence-corrected chi connectivity index (χ0v) is 16.0. The third-order valence-electron chi connectivity index (χ3n) is 2.52. The number of rotatable bonds is 4. The largest absolute Gasteiger partial charge is 0.372 e. The van der Waals surface area contributed by atoms with Crippen molar-refractivity contribution in [3.63, 3.8) is 0 Å². The molecule has 0 amide bonds. The molecule has 112 valence electrons. The molecule has 0 unspecified atom stereocenters. The van der Waals surface area contributed by atoms with Gasteiger partial charge in [-0.05, 0) is 62.8 Å². The Balaban J connectivity index is 2.45. The van der Waals surface area contributed by atoms with Crippen LogP contribution in [0.15, 0.2) is 39.8 Å². The van der Waals surface area contributed by atoms with E-state index in [1.54, 1.807) is 25.2 Å². The first-order valence-electron chi connectivity index (χ1n) is 5.64. The van der Waals surface area contributed by atoms with E-state index in [-0.39, 0.29) is 10.7 Å². The molecular formula is C12H10BrClIN3O2S. The molecule has 0 aliphatic rings. The summed E-state index contributed by atoms with van der Waals surface area (Å²) in [5.41, 5.74) is 0.319. The molecule has 0 radical (unpaired) electrons. The van der Waals surface area contributed by atoms with Crippen LogP contribution in [-0.2, 0) is 10.0 Å². The van der Waals surface area contributed by atoms with Gasteiger partial charge in [0.15, 0.2) is 0 Å². The molecule has 0 atom stereocenters. The first kappa shape index (κ1) is 16.8. The Labute approximate surface area is 149 Å². The summed E-state index contributed by atoms with van der Waals surface area (Å²) in [5.74, 6) is 0.257. The molecule has 0 fully saturated rings. The van der Waals surface area contributed by atoms with Gasteiger partial charge >= 0.3 is 0 Å². The minimum absolute atomic E-state index is 0.0361. The monoisotopic (exact) mass is 501 g/mol. The number of sulfonamides is 1. The first-order valence-corrected chi connectivity index (χ1v) is 9.38. The molecule has 0 aliphatic heterocycles. The molecule has 0 saturated carbocycles. The van der Waals surface area contributed by atoms with Crippen LogP contribution in [0, 0.1) is 3.57 Å². The van der Waals surface area contributed by atoms with Crippen molar-refractivity contribution in [2.45, 2.75) is 4.90 Å². The van der Waals surface area contributed by atoms with Gasteiger partial charge in [0.25, 0.3) is 10.0 Å². The number of aromatic nitrogens is 1. The highest BCUT2D eigenvalue weighted by Crippen LogP contribution is 2.29. The Hall–Kier alpha value is -0.580. The summed E-state index contributed by atoms with van der Waals surface area (Å²) in [6.45, 7) is 0. The highest BCUT2D eigenvalue weighted by Gasteiger charge is 2.21. The van der Waals surface area contributed by atoms with Gasteiger partial charge in [-0.25, -0.2) is 13.4 Å². The number of halogens is 3. The Morgan fingerprint density at radius 1 is 1.33 bits per heavy atom. The fraction of sp³-hybridized carbons (Fsp3) is 0.0833. The summed E-state index contributed by atoms with van der Waals surface area (Å²) < 4.78 is 28.9. The van der Waals surface area contributed by atoms with E-state index in [0.29, 0.717) is 15.2 Å². The maximum absolute atomic E-state index is 12.5. The van der Waals surface area contributed by atoms with E-state index in [4.69, 9.17) is 11.6 Å². The van der Waals surface area contributed by atoms with Gasteiger partial charge in [0.1, 0.15) is 10.7 Å². The van der Waals surface area contributed by atoms with Crippen molar-refractivity contribution in [3.05, 3.63) is 43.5 Å². The molecule has 0 saturated heterocycles. The van der Waals surface area contributed by atoms with Crippen molar-refractivity contribution in [3.8, 4) is 0 Å². The third-order valence-corrected chi connectivity index (χ3v) is 5.32. The SMILES string of the molecule is CNc1ncc(Br)cc1S(=O)(=O)Nc1ccc(I)cc1Cl. The molecule has 0 aliphatic carbocycles. The first-order chi connectivity index (χ1) is 9.83. The summed E-state index contributed by atoms with van der Waals surface area (Å²) >= 11 is 11.4. The van der Waals surface area contributed by atoms with Crippen LogP contribution < -0.4 is 10.0 Å². The van der Waals surface area contributed by atoms with Crippen molar-refractivity contribution in [2.24, 2.45) is 0 Å². The van der Waals surface area contributed by atoms with Gasteiger partial charge in [-0.2, -0.15) is 0 Å². The van der Waals surface area contributed by atoms with E-state index in [1.165, 1.54) is 12.3 Å². The molecule has 0 spiro atoms. The maximum atomic E-state index is 12.5. The summed E-state index contributed by atoms with van der Waals surface area (Å²) in [7, 11) is -2.20. The summed E-state index contributed by atoms with van der Waals surface area (Å²) in [4.78, 5) is 4.07. The van der Waals surface area contributed by atoms with E-state index in [9.17, 15) is 8.42 Å². The second kappa shape index (κ2) is 6.67. The van der Waals surface area contributed by atoms with E-state index in [2.05, 4.69) is 53.5 Å². The van der Waals surface area contributed by atoms with Crippen LogP contribution in [0.2, 0.25) is 5.02 Å². The average molecular weight is 503 g/mol. The number of benzene rings is 1. The van der Waals surface area contributed by atoms with E-state index >= 15 is 0 Å². The van der Waals surface area contributed by atoms with E-state index in [0.717, 1.165) is 3.57 Å². The number of hydrogen-bond acceptors (Lipinski definition) is 4. The molecule has 21 heavy (non-hydrogen) atoms. The summed E-state index contributed by atoms with van der Waals surface area (Å²) in [6.07, 6.45) is 1.52. The minimum atomic E-state index is -3.81. The molecule has 1 aromatic heterocycles. The second-order valence-electron chi connectivity index (χ2n) is 3.98. The quantitative estimate of drug-likeness (QED) is 0.622. The molecular weight excluding hydrogens is 492 g/mol. The van der Waals surface area contributed by atoms with Crippen LogP contribution in [0.4, 0.5) is 11.5 Å². The molecule has 2 rings (SSSR count). The van der Waals surface area contributed by atoms with Crippen molar-refractivity contribution < 1.29 is 8.42 Å². The molecule has 5 nitrogen and oxygen atoms in total. The summed E-state index contributed by atoms with van der Waals surface area (Å²) in [6, 6.07) is 6.54. The number of anilines is 2. The number of nitrogens with one attached hydrogen (secondary N) is 2. The van der Waals surface area contributed by atoms with Gasteiger partial charge in [0.2, 0.25) is 0 Å². The fourth-order valence-electron chi connectivity index (χ4n) is 1.59.